The summed E-state index contributed by atoms with van der Waals surface area (Å²) in [6.45, 7) is 0.815. The molecule has 1 nitrogen and oxygen atoms in total. The quantitative estimate of drug-likeness (QED) is 0.536. The molecule has 0 saturated heterocycles. The van der Waals surface area contributed by atoms with Crippen molar-refractivity contribution in [3.05, 3.63) is 29.0 Å². The Morgan fingerprint density at radius 1 is 1.19 bits per heavy atom. The Hall–Kier alpha value is -0.320. The third-order valence-electron chi connectivity index (χ3n) is 2.16. The summed E-state index contributed by atoms with van der Waals surface area (Å²) in [6.07, 6.45) is 2.28. The molecule has 0 unspecified atom stereocenters. The summed E-state index contributed by atoms with van der Waals surface area (Å²) < 4.78 is 5.69. The van der Waals surface area contributed by atoms with E-state index in [0.29, 0.717) is 0 Å². The summed E-state index contributed by atoms with van der Waals surface area (Å²) in [6, 6.07) is 6.34. The van der Waals surface area contributed by atoms with E-state index in [-0.39, 0.29) is 0 Å². The van der Waals surface area contributed by atoms with E-state index in [1.165, 1.54) is 16.9 Å². The maximum Gasteiger partial charge on any atom is 0.174 e. The van der Waals surface area contributed by atoms with E-state index >= 15 is 0 Å². The molecule has 0 aromatic carbocycles. The molecule has 2 aromatic heterocycles. The number of hydrogen-bond donors (Lipinski definition) is 0. The van der Waals surface area contributed by atoms with Crippen LogP contribution in [0.4, 0.5) is 0 Å². The number of thiophene rings is 2. The molecule has 2 rings (SSSR count). The lowest BCUT2D eigenvalue weighted by molar-refractivity contribution is 0.319. The predicted octanol–water partition coefficient (Wildman–Crippen LogP) is 5.03. The molecule has 0 saturated carbocycles. The molecule has 4 heteroatoms. The minimum absolute atomic E-state index is 0.815. The highest BCUT2D eigenvalue weighted by Gasteiger charge is 2.03. The topological polar surface area (TPSA) is 9.23 Å². The van der Waals surface area contributed by atoms with Gasteiger partial charge in [0.15, 0.2) is 5.06 Å². The Bertz CT molecular complexity index is 408. The van der Waals surface area contributed by atoms with Gasteiger partial charge in [0, 0.05) is 15.8 Å². The molecule has 0 atom stereocenters. The standard InChI is InChI=1S/C12H13BrOS2/c13-6-1-2-7-14-12-4-3-11(16-12)10-5-8-15-9-10/h3-5,8-9H,1-2,6-7H2. The predicted molar refractivity (Wildman–Crippen MR) is 76.2 cm³/mol. The first-order valence-corrected chi connectivity index (χ1v) is 8.09. The highest BCUT2D eigenvalue weighted by molar-refractivity contribution is 9.09. The van der Waals surface area contributed by atoms with Gasteiger partial charge >= 0.3 is 0 Å². The maximum absolute atomic E-state index is 5.69. The zero-order valence-electron chi connectivity index (χ0n) is 8.82. The van der Waals surface area contributed by atoms with Gasteiger partial charge in [0.1, 0.15) is 0 Å². The molecule has 0 aliphatic carbocycles. The zero-order chi connectivity index (χ0) is 11.2. The maximum atomic E-state index is 5.69. The first-order valence-electron chi connectivity index (χ1n) is 5.21. The molecule has 0 radical (unpaired) electrons. The Labute approximate surface area is 112 Å². The van der Waals surface area contributed by atoms with Crippen LogP contribution in [0.1, 0.15) is 12.8 Å². The van der Waals surface area contributed by atoms with Crippen LogP contribution >= 0.6 is 38.6 Å². The van der Waals surface area contributed by atoms with Crippen LogP contribution in [0.15, 0.2) is 29.0 Å². The van der Waals surface area contributed by atoms with Gasteiger partial charge in [-0.3, -0.25) is 0 Å². The van der Waals surface area contributed by atoms with Crippen molar-refractivity contribution in [3.63, 3.8) is 0 Å². The van der Waals surface area contributed by atoms with E-state index in [2.05, 4.69) is 44.9 Å². The second-order valence-corrected chi connectivity index (χ2v) is 5.99. The number of alkyl halides is 1. The van der Waals surface area contributed by atoms with Gasteiger partial charge in [0.25, 0.3) is 0 Å². The fourth-order valence-corrected chi connectivity index (χ4v) is 3.33. The van der Waals surface area contributed by atoms with E-state index in [9.17, 15) is 0 Å². The van der Waals surface area contributed by atoms with Crippen molar-refractivity contribution in [2.45, 2.75) is 12.8 Å². The normalized spacial score (nSPS) is 10.6. The lowest BCUT2D eigenvalue weighted by Gasteiger charge is -2.00. The smallest absolute Gasteiger partial charge is 0.174 e. The molecule has 0 bridgehead atoms. The van der Waals surface area contributed by atoms with E-state index in [0.717, 1.165) is 23.4 Å². The summed E-state index contributed by atoms with van der Waals surface area (Å²) in [4.78, 5) is 1.29. The highest BCUT2D eigenvalue weighted by Crippen LogP contribution is 2.33. The number of halogens is 1. The van der Waals surface area contributed by atoms with Crippen molar-refractivity contribution in [3.8, 4) is 15.5 Å². The van der Waals surface area contributed by atoms with Crippen molar-refractivity contribution in [2.75, 3.05) is 11.9 Å². The van der Waals surface area contributed by atoms with Crippen LogP contribution in [-0.2, 0) is 0 Å². The van der Waals surface area contributed by atoms with Crippen molar-refractivity contribution >= 4 is 38.6 Å². The van der Waals surface area contributed by atoms with Crippen molar-refractivity contribution in [1.82, 2.24) is 0 Å². The molecule has 16 heavy (non-hydrogen) atoms. The number of rotatable bonds is 6. The first-order chi connectivity index (χ1) is 7.90. The van der Waals surface area contributed by atoms with Gasteiger partial charge in [0.2, 0.25) is 0 Å². The molecule has 0 N–H and O–H groups in total. The largest absolute Gasteiger partial charge is 0.484 e. The number of hydrogen-bond acceptors (Lipinski definition) is 3. The van der Waals surface area contributed by atoms with Gasteiger partial charge in [0.05, 0.1) is 6.61 Å². The molecular weight excluding hydrogens is 304 g/mol. The number of unbranched alkanes of at least 4 members (excludes halogenated alkanes) is 1. The fraction of sp³-hybridized carbons (Fsp3) is 0.333. The van der Waals surface area contributed by atoms with E-state index in [1.807, 2.05) is 0 Å². The summed E-state index contributed by atoms with van der Waals surface area (Å²) >= 11 is 6.86. The van der Waals surface area contributed by atoms with Gasteiger partial charge in [-0.1, -0.05) is 27.3 Å². The van der Waals surface area contributed by atoms with Crippen LogP contribution < -0.4 is 4.74 Å². The van der Waals surface area contributed by atoms with E-state index in [1.54, 1.807) is 22.7 Å². The lowest BCUT2D eigenvalue weighted by Crippen LogP contribution is -1.95. The molecule has 0 fully saturated rings. The third-order valence-corrected chi connectivity index (χ3v) is 4.45. The fourth-order valence-electron chi connectivity index (χ4n) is 1.33. The van der Waals surface area contributed by atoms with Crippen molar-refractivity contribution in [1.29, 1.82) is 0 Å². The van der Waals surface area contributed by atoms with Gasteiger partial charge in [-0.25, -0.2) is 0 Å². The van der Waals surface area contributed by atoms with Crippen LogP contribution in [0.2, 0.25) is 0 Å². The van der Waals surface area contributed by atoms with Gasteiger partial charge in [-0.2, -0.15) is 11.3 Å². The summed E-state index contributed by atoms with van der Waals surface area (Å²) in [5.74, 6) is 0. The molecule has 0 aliphatic heterocycles. The van der Waals surface area contributed by atoms with Crippen LogP contribution in [0.5, 0.6) is 5.06 Å². The minimum Gasteiger partial charge on any atom is -0.484 e. The molecule has 2 heterocycles. The molecule has 0 spiro atoms. The van der Waals surface area contributed by atoms with Gasteiger partial charge in [-0.15, -0.1) is 0 Å². The summed E-state index contributed by atoms with van der Waals surface area (Å²) in [7, 11) is 0. The molecule has 2 aromatic rings. The summed E-state index contributed by atoms with van der Waals surface area (Å²) in [5, 5.41) is 6.35. The molecular formula is C12H13BrOS2. The van der Waals surface area contributed by atoms with E-state index in [4.69, 9.17) is 4.74 Å². The van der Waals surface area contributed by atoms with Crippen LogP contribution in [0, 0.1) is 0 Å². The van der Waals surface area contributed by atoms with E-state index < -0.39 is 0 Å². The molecule has 86 valence electrons. The minimum atomic E-state index is 0.815. The summed E-state index contributed by atoms with van der Waals surface area (Å²) in [5.41, 5.74) is 1.30. The van der Waals surface area contributed by atoms with Crippen molar-refractivity contribution in [2.24, 2.45) is 0 Å². The second kappa shape index (κ2) is 6.42. The SMILES string of the molecule is BrCCCCOc1ccc(-c2ccsc2)s1. The third kappa shape index (κ3) is 3.34. The van der Waals surface area contributed by atoms with Crippen LogP contribution in [0.3, 0.4) is 0 Å². The average molecular weight is 317 g/mol. The Morgan fingerprint density at radius 2 is 2.12 bits per heavy atom. The second-order valence-electron chi connectivity index (χ2n) is 3.38. The lowest BCUT2D eigenvalue weighted by atomic mass is 10.3. The first kappa shape index (κ1) is 12.1. The zero-order valence-corrected chi connectivity index (χ0v) is 12.0. The Balaban J connectivity index is 1.88. The van der Waals surface area contributed by atoms with Crippen molar-refractivity contribution < 1.29 is 4.74 Å². The Morgan fingerprint density at radius 3 is 2.88 bits per heavy atom. The van der Waals surface area contributed by atoms with Crippen LogP contribution in [0.25, 0.3) is 10.4 Å². The molecule has 0 aliphatic rings. The average Bonchev–Trinajstić information content (AvgIpc) is 2.94. The van der Waals surface area contributed by atoms with Gasteiger partial charge < -0.3 is 4.74 Å². The number of ether oxygens (including phenoxy) is 1. The molecule has 0 amide bonds. The highest BCUT2D eigenvalue weighted by atomic mass is 79.9. The van der Waals surface area contributed by atoms with Crippen LogP contribution in [-0.4, -0.2) is 11.9 Å². The Kier molecular flexibility index (Phi) is 4.88. The monoisotopic (exact) mass is 316 g/mol. The van der Waals surface area contributed by atoms with Gasteiger partial charge in [-0.05, 0) is 41.8 Å².